The van der Waals surface area contributed by atoms with Gasteiger partial charge in [-0.1, -0.05) is 6.07 Å². The number of rotatable bonds is 4. The molecule has 0 saturated carbocycles. The van der Waals surface area contributed by atoms with Crippen molar-refractivity contribution in [3.05, 3.63) is 46.5 Å². The molecular weight excluding hydrogens is 272 g/mol. The molecule has 0 aliphatic heterocycles. The van der Waals surface area contributed by atoms with Crippen LogP contribution in [0.3, 0.4) is 0 Å². The normalized spacial score (nSPS) is 10.8. The fourth-order valence-electron chi connectivity index (χ4n) is 2.03. The predicted molar refractivity (Wildman–Crippen MR) is 80.0 cm³/mol. The van der Waals surface area contributed by atoms with Gasteiger partial charge in [-0.05, 0) is 30.0 Å². The summed E-state index contributed by atoms with van der Waals surface area (Å²) in [5.74, 6) is 0.634. The first-order chi connectivity index (χ1) is 9.70. The largest absolute Gasteiger partial charge is 0.441 e. The predicted octanol–water partition coefficient (Wildman–Crippen LogP) is 3.77. The standard InChI is InChI=1S/C15H14N2O2S/c1-10-16-13-6-4-11(9-14(13)19-10)17-15(18)7-5-12-3-2-8-20-12/h2-4,6,8-9H,5,7H2,1H3,(H,17,18). The van der Waals surface area contributed by atoms with Gasteiger partial charge >= 0.3 is 0 Å². The number of fused-ring (bicyclic) bond motifs is 1. The molecule has 0 aliphatic carbocycles. The molecule has 5 heteroatoms. The van der Waals surface area contributed by atoms with E-state index in [9.17, 15) is 4.79 Å². The van der Waals surface area contributed by atoms with Crippen LogP contribution in [0.2, 0.25) is 0 Å². The molecule has 1 N–H and O–H groups in total. The van der Waals surface area contributed by atoms with Crippen molar-refractivity contribution < 1.29 is 9.21 Å². The lowest BCUT2D eigenvalue weighted by molar-refractivity contribution is -0.116. The Morgan fingerprint density at radius 1 is 1.40 bits per heavy atom. The van der Waals surface area contributed by atoms with E-state index < -0.39 is 0 Å². The van der Waals surface area contributed by atoms with E-state index in [-0.39, 0.29) is 5.91 Å². The Kier molecular flexibility index (Phi) is 3.52. The molecule has 4 nitrogen and oxygen atoms in total. The number of amides is 1. The van der Waals surface area contributed by atoms with Crippen LogP contribution in [0.15, 0.2) is 40.1 Å². The third-order valence-corrected chi connectivity index (χ3v) is 3.89. The van der Waals surface area contributed by atoms with Gasteiger partial charge in [-0.25, -0.2) is 4.98 Å². The molecule has 20 heavy (non-hydrogen) atoms. The molecule has 0 atom stereocenters. The van der Waals surface area contributed by atoms with Crippen LogP contribution >= 0.6 is 11.3 Å². The number of thiophene rings is 1. The number of nitrogens with one attached hydrogen (secondary N) is 1. The summed E-state index contributed by atoms with van der Waals surface area (Å²) in [6.45, 7) is 1.80. The van der Waals surface area contributed by atoms with E-state index in [1.54, 1.807) is 24.3 Å². The van der Waals surface area contributed by atoms with Gasteiger partial charge < -0.3 is 9.73 Å². The number of carbonyl (C=O) groups excluding carboxylic acids is 1. The highest BCUT2D eigenvalue weighted by molar-refractivity contribution is 7.09. The van der Waals surface area contributed by atoms with Crippen LogP contribution in [-0.4, -0.2) is 10.9 Å². The average molecular weight is 286 g/mol. The molecule has 0 unspecified atom stereocenters. The van der Waals surface area contributed by atoms with Gasteiger partial charge in [0.2, 0.25) is 5.91 Å². The Labute approximate surface area is 120 Å². The lowest BCUT2D eigenvalue weighted by Gasteiger charge is -2.04. The number of hydrogen-bond donors (Lipinski definition) is 1. The van der Waals surface area contributed by atoms with E-state index in [1.807, 2.05) is 29.6 Å². The lowest BCUT2D eigenvalue weighted by atomic mass is 10.2. The summed E-state index contributed by atoms with van der Waals surface area (Å²) in [7, 11) is 0. The van der Waals surface area contributed by atoms with Crippen molar-refractivity contribution in [3.8, 4) is 0 Å². The van der Waals surface area contributed by atoms with Crippen LogP contribution in [0.1, 0.15) is 17.2 Å². The van der Waals surface area contributed by atoms with E-state index in [1.165, 1.54) is 4.88 Å². The lowest BCUT2D eigenvalue weighted by Crippen LogP contribution is -2.11. The average Bonchev–Trinajstić information content (AvgIpc) is 3.04. The number of benzene rings is 1. The van der Waals surface area contributed by atoms with Gasteiger partial charge in [-0.15, -0.1) is 11.3 Å². The summed E-state index contributed by atoms with van der Waals surface area (Å²) in [6.07, 6.45) is 1.25. The minimum atomic E-state index is 0.00832. The summed E-state index contributed by atoms with van der Waals surface area (Å²) in [5.41, 5.74) is 2.24. The van der Waals surface area contributed by atoms with Crippen molar-refractivity contribution in [1.29, 1.82) is 0 Å². The van der Waals surface area contributed by atoms with Crippen LogP contribution in [0, 0.1) is 6.92 Å². The highest BCUT2D eigenvalue weighted by atomic mass is 32.1. The summed E-state index contributed by atoms with van der Waals surface area (Å²) in [5, 5.41) is 4.90. The van der Waals surface area contributed by atoms with Gasteiger partial charge in [0.1, 0.15) is 5.52 Å². The fourth-order valence-corrected chi connectivity index (χ4v) is 2.74. The number of aryl methyl sites for hydroxylation is 2. The highest BCUT2D eigenvalue weighted by Gasteiger charge is 2.07. The third kappa shape index (κ3) is 2.88. The van der Waals surface area contributed by atoms with Gasteiger partial charge in [-0.3, -0.25) is 4.79 Å². The van der Waals surface area contributed by atoms with Crippen LogP contribution in [0.5, 0.6) is 0 Å². The van der Waals surface area contributed by atoms with Crippen LogP contribution in [0.4, 0.5) is 5.69 Å². The zero-order chi connectivity index (χ0) is 13.9. The number of nitrogens with zero attached hydrogens (tertiary/aromatic N) is 1. The van der Waals surface area contributed by atoms with Gasteiger partial charge in [-0.2, -0.15) is 0 Å². The van der Waals surface area contributed by atoms with Crippen molar-refractivity contribution in [3.63, 3.8) is 0 Å². The van der Waals surface area contributed by atoms with Gasteiger partial charge in [0.25, 0.3) is 0 Å². The Balaban J connectivity index is 1.64. The molecule has 0 spiro atoms. The van der Waals surface area contributed by atoms with Crippen molar-refractivity contribution in [2.24, 2.45) is 0 Å². The second-order valence-corrected chi connectivity index (χ2v) is 5.58. The van der Waals surface area contributed by atoms with Crippen molar-refractivity contribution in [1.82, 2.24) is 4.98 Å². The summed E-state index contributed by atoms with van der Waals surface area (Å²) >= 11 is 1.67. The minimum Gasteiger partial charge on any atom is -0.441 e. The third-order valence-electron chi connectivity index (χ3n) is 2.96. The molecule has 3 rings (SSSR count). The SMILES string of the molecule is Cc1nc2ccc(NC(=O)CCc3cccs3)cc2o1. The Morgan fingerprint density at radius 2 is 2.30 bits per heavy atom. The van der Waals surface area contributed by atoms with Crippen LogP contribution in [-0.2, 0) is 11.2 Å². The molecule has 2 heterocycles. The highest BCUT2D eigenvalue weighted by Crippen LogP contribution is 2.20. The molecule has 0 bridgehead atoms. The molecule has 1 amide bonds. The van der Waals surface area contributed by atoms with Gasteiger partial charge in [0.15, 0.2) is 11.5 Å². The molecule has 0 fully saturated rings. The maximum atomic E-state index is 11.9. The maximum Gasteiger partial charge on any atom is 0.224 e. The Hall–Kier alpha value is -2.14. The number of hydrogen-bond acceptors (Lipinski definition) is 4. The first kappa shape index (κ1) is 12.9. The second-order valence-electron chi connectivity index (χ2n) is 4.54. The number of aromatic nitrogens is 1. The first-order valence-electron chi connectivity index (χ1n) is 6.40. The van der Waals surface area contributed by atoms with E-state index in [4.69, 9.17) is 4.42 Å². The molecule has 1 aromatic carbocycles. The molecular formula is C15H14N2O2S. The Bertz CT molecular complexity index is 732. The topological polar surface area (TPSA) is 55.1 Å². The van der Waals surface area contributed by atoms with E-state index in [0.29, 0.717) is 17.9 Å². The maximum absolute atomic E-state index is 11.9. The van der Waals surface area contributed by atoms with Crippen molar-refractivity contribution >= 4 is 34.0 Å². The smallest absolute Gasteiger partial charge is 0.224 e. The Morgan fingerprint density at radius 3 is 3.10 bits per heavy atom. The van der Waals surface area contributed by atoms with Crippen LogP contribution < -0.4 is 5.32 Å². The molecule has 2 aromatic heterocycles. The summed E-state index contributed by atoms with van der Waals surface area (Å²) in [6, 6.07) is 9.53. The zero-order valence-electron chi connectivity index (χ0n) is 11.1. The molecule has 0 aliphatic rings. The summed E-state index contributed by atoms with van der Waals surface area (Å²) < 4.78 is 5.45. The number of oxazole rings is 1. The van der Waals surface area contributed by atoms with Crippen molar-refractivity contribution in [2.45, 2.75) is 19.8 Å². The quantitative estimate of drug-likeness (QED) is 0.794. The van der Waals surface area contributed by atoms with Gasteiger partial charge in [0.05, 0.1) is 0 Å². The monoisotopic (exact) mass is 286 g/mol. The number of anilines is 1. The molecule has 102 valence electrons. The molecule has 3 aromatic rings. The summed E-state index contributed by atoms with van der Waals surface area (Å²) in [4.78, 5) is 17.3. The second kappa shape index (κ2) is 5.46. The van der Waals surface area contributed by atoms with Gasteiger partial charge in [0, 0.05) is 30.0 Å². The fraction of sp³-hybridized carbons (Fsp3) is 0.200. The minimum absolute atomic E-state index is 0.00832. The first-order valence-corrected chi connectivity index (χ1v) is 7.28. The molecule has 0 saturated heterocycles. The van der Waals surface area contributed by atoms with Crippen LogP contribution in [0.25, 0.3) is 11.1 Å². The molecule has 0 radical (unpaired) electrons. The number of carbonyl (C=O) groups is 1. The van der Waals surface area contributed by atoms with E-state index in [2.05, 4.69) is 10.3 Å². The van der Waals surface area contributed by atoms with E-state index >= 15 is 0 Å². The van der Waals surface area contributed by atoms with Crippen molar-refractivity contribution in [2.75, 3.05) is 5.32 Å². The van der Waals surface area contributed by atoms with E-state index in [0.717, 1.165) is 17.6 Å². The zero-order valence-corrected chi connectivity index (χ0v) is 11.9.